The summed E-state index contributed by atoms with van der Waals surface area (Å²) in [6.07, 6.45) is 6.69. The highest BCUT2D eigenvalue weighted by Crippen LogP contribution is 2.26. The van der Waals surface area contributed by atoms with E-state index in [4.69, 9.17) is 26.1 Å². The Balaban J connectivity index is 1.00. The normalized spacial score (nSPS) is 17.9. The molecule has 0 aliphatic carbocycles. The average Bonchev–Trinajstić information content (AvgIpc) is 3.62. The number of hydrogen-bond acceptors (Lipinski definition) is 10. The molecule has 2 aliphatic heterocycles. The number of nitrogens with one attached hydrogen (secondary N) is 1. The van der Waals surface area contributed by atoms with Crippen LogP contribution in [0.4, 0.5) is 4.39 Å². The number of halogens is 2. The second-order valence-electron chi connectivity index (χ2n) is 10.5. The van der Waals surface area contributed by atoms with Crippen molar-refractivity contribution in [3.05, 3.63) is 70.8 Å². The van der Waals surface area contributed by atoms with Gasteiger partial charge < -0.3 is 14.0 Å². The number of likely N-dealkylation sites (tertiary alicyclic amines) is 1. The molecular formula is C28H28ClFN10O2. The number of H-pyrrole nitrogens is 1. The van der Waals surface area contributed by atoms with Crippen LogP contribution in [0.3, 0.4) is 0 Å². The second kappa shape index (κ2) is 11.7. The van der Waals surface area contributed by atoms with Gasteiger partial charge in [0.15, 0.2) is 5.82 Å². The summed E-state index contributed by atoms with van der Waals surface area (Å²) in [4.78, 5) is 20.8. The molecule has 0 amide bonds. The topological polar surface area (TPSA) is 133 Å². The lowest BCUT2D eigenvalue weighted by Gasteiger charge is -2.32. The molecule has 0 spiro atoms. The molecule has 4 aromatic heterocycles. The largest absolute Gasteiger partial charge is 0.474 e. The molecule has 2 fully saturated rings. The molecule has 0 unspecified atom stereocenters. The zero-order valence-electron chi connectivity index (χ0n) is 22.7. The second-order valence-corrected chi connectivity index (χ2v) is 11.0. The van der Waals surface area contributed by atoms with E-state index in [9.17, 15) is 4.39 Å². The maximum absolute atomic E-state index is 14.2. The van der Waals surface area contributed by atoms with Gasteiger partial charge in [0, 0.05) is 43.4 Å². The van der Waals surface area contributed by atoms with E-state index < -0.39 is 0 Å². The third kappa shape index (κ3) is 5.80. The Hall–Kier alpha value is -4.07. The number of imidazole rings is 1. The number of aromatic nitrogens is 9. The highest BCUT2D eigenvalue weighted by Gasteiger charge is 2.26. The molecule has 14 heteroatoms. The van der Waals surface area contributed by atoms with Crippen LogP contribution < -0.4 is 4.74 Å². The summed E-state index contributed by atoms with van der Waals surface area (Å²) in [6.45, 7) is 3.96. The molecule has 0 saturated carbocycles. The third-order valence-corrected chi connectivity index (χ3v) is 7.95. The van der Waals surface area contributed by atoms with E-state index in [2.05, 4.69) is 45.0 Å². The summed E-state index contributed by atoms with van der Waals surface area (Å²) in [5, 5.41) is 14.4. The number of pyridine rings is 1. The van der Waals surface area contributed by atoms with E-state index in [1.54, 1.807) is 24.4 Å². The van der Waals surface area contributed by atoms with Crippen LogP contribution in [0, 0.1) is 5.82 Å². The first-order valence-electron chi connectivity index (χ1n) is 13.9. The van der Waals surface area contributed by atoms with E-state index in [1.165, 1.54) is 6.07 Å². The minimum atomic E-state index is -0.373. The Bertz CT molecular complexity index is 1690. The number of tetrazole rings is 1. The van der Waals surface area contributed by atoms with Gasteiger partial charge in [0.05, 0.1) is 36.4 Å². The zero-order valence-corrected chi connectivity index (χ0v) is 23.4. The summed E-state index contributed by atoms with van der Waals surface area (Å²) in [5.41, 5.74) is 2.95. The number of rotatable bonds is 9. The van der Waals surface area contributed by atoms with Crippen molar-refractivity contribution in [2.24, 2.45) is 0 Å². The van der Waals surface area contributed by atoms with Gasteiger partial charge in [0.2, 0.25) is 5.88 Å². The van der Waals surface area contributed by atoms with Gasteiger partial charge in [-0.3, -0.25) is 9.88 Å². The number of ether oxygens (including phenoxy) is 2. The predicted octanol–water partition coefficient (Wildman–Crippen LogP) is 3.62. The molecule has 216 valence electrons. The van der Waals surface area contributed by atoms with Crippen molar-refractivity contribution in [1.29, 1.82) is 0 Å². The van der Waals surface area contributed by atoms with Crippen molar-refractivity contribution in [3.8, 4) is 17.4 Å². The summed E-state index contributed by atoms with van der Waals surface area (Å²) >= 11 is 5.87. The molecule has 0 bridgehead atoms. The van der Waals surface area contributed by atoms with Gasteiger partial charge in [-0.2, -0.15) is 4.98 Å². The highest BCUT2D eigenvalue weighted by atomic mass is 35.5. The van der Waals surface area contributed by atoms with Crippen LogP contribution in [-0.4, -0.2) is 81.9 Å². The quantitative estimate of drug-likeness (QED) is 0.271. The van der Waals surface area contributed by atoms with Crippen LogP contribution >= 0.6 is 11.6 Å². The monoisotopic (exact) mass is 590 g/mol. The van der Waals surface area contributed by atoms with Gasteiger partial charge in [0.25, 0.3) is 0 Å². The fourth-order valence-electron chi connectivity index (χ4n) is 5.35. The minimum Gasteiger partial charge on any atom is -0.474 e. The summed E-state index contributed by atoms with van der Waals surface area (Å²) in [5.74, 6) is 2.11. The van der Waals surface area contributed by atoms with Crippen molar-refractivity contribution in [1.82, 2.24) is 50.0 Å². The third-order valence-electron chi connectivity index (χ3n) is 7.71. The van der Waals surface area contributed by atoms with Gasteiger partial charge >= 0.3 is 0 Å². The molecule has 2 aliphatic rings. The lowest BCUT2D eigenvalue weighted by atomic mass is 10.1. The van der Waals surface area contributed by atoms with Gasteiger partial charge in [-0.05, 0) is 53.5 Å². The highest BCUT2D eigenvalue weighted by molar-refractivity contribution is 6.30. The molecule has 6 heterocycles. The Kier molecular flexibility index (Phi) is 7.44. The first-order valence-corrected chi connectivity index (χ1v) is 14.3. The lowest BCUT2D eigenvalue weighted by molar-refractivity contribution is -0.0592. The molecular weight excluding hydrogens is 563 g/mol. The number of piperidine rings is 1. The van der Waals surface area contributed by atoms with Crippen LogP contribution in [-0.2, 0) is 24.2 Å². The molecule has 1 atom stereocenters. The number of fused-ring (bicyclic) bond motifs is 1. The average molecular weight is 591 g/mol. The van der Waals surface area contributed by atoms with Gasteiger partial charge in [-0.1, -0.05) is 17.7 Å². The van der Waals surface area contributed by atoms with E-state index in [0.717, 1.165) is 62.4 Å². The Morgan fingerprint density at radius 2 is 1.98 bits per heavy atom. The summed E-state index contributed by atoms with van der Waals surface area (Å²) in [6, 6.07) is 8.27. The number of nitrogens with zero attached hydrogens (tertiary/aromatic N) is 9. The Labute approximate surface area is 245 Å². The molecule has 1 aromatic carbocycles. The molecule has 5 aromatic rings. The van der Waals surface area contributed by atoms with Crippen LogP contribution in [0.1, 0.15) is 36.5 Å². The van der Waals surface area contributed by atoms with Crippen LogP contribution in [0.2, 0.25) is 5.02 Å². The standard InChI is InChI=1S/C28H28ClFN10O2/c29-18-2-1-17(21(30)12-18)11-25-31-7-3-27(34-25)42-19-4-8-39(9-5-19)16-26-33-22-13-23(28-35-37-38-36-28)32-14-24(22)40(26)15-20-6-10-41-20/h1-3,7,12-14,19-20H,4-6,8-11,15-16H2,(H,35,36,37,38)/t20-/m0/s1. The molecule has 1 N–H and O–H groups in total. The Morgan fingerprint density at radius 3 is 2.74 bits per heavy atom. The predicted molar refractivity (Wildman–Crippen MR) is 150 cm³/mol. The Morgan fingerprint density at radius 1 is 1.10 bits per heavy atom. The van der Waals surface area contributed by atoms with E-state index in [-0.39, 0.29) is 24.4 Å². The van der Waals surface area contributed by atoms with Crippen molar-refractivity contribution in [2.45, 2.75) is 51.0 Å². The number of aromatic amines is 1. The molecule has 42 heavy (non-hydrogen) atoms. The van der Waals surface area contributed by atoms with Crippen LogP contribution in [0.5, 0.6) is 5.88 Å². The number of benzene rings is 1. The fourth-order valence-corrected chi connectivity index (χ4v) is 5.51. The molecule has 12 nitrogen and oxygen atoms in total. The van der Waals surface area contributed by atoms with E-state index in [1.807, 2.05) is 12.3 Å². The summed E-state index contributed by atoms with van der Waals surface area (Å²) in [7, 11) is 0. The lowest BCUT2D eigenvalue weighted by Crippen LogP contribution is -2.39. The van der Waals surface area contributed by atoms with Gasteiger partial charge in [0.1, 0.15) is 29.3 Å². The zero-order chi connectivity index (χ0) is 28.5. The SMILES string of the molecule is Fc1cc(Cl)ccc1Cc1nccc(OC2CCN(Cc3nc4cc(-c5nnn[nH]5)ncc4n3C[C@@H]3CCO3)CC2)n1. The van der Waals surface area contributed by atoms with Gasteiger partial charge in [-0.25, -0.2) is 19.5 Å². The van der Waals surface area contributed by atoms with Crippen molar-refractivity contribution in [3.63, 3.8) is 0 Å². The first-order chi connectivity index (χ1) is 20.6. The van der Waals surface area contributed by atoms with Crippen molar-refractivity contribution in [2.75, 3.05) is 19.7 Å². The van der Waals surface area contributed by atoms with Crippen LogP contribution in [0.25, 0.3) is 22.6 Å². The summed E-state index contributed by atoms with van der Waals surface area (Å²) < 4.78 is 28.4. The smallest absolute Gasteiger partial charge is 0.216 e. The van der Waals surface area contributed by atoms with Gasteiger partial charge in [-0.15, -0.1) is 5.10 Å². The molecule has 7 rings (SSSR count). The van der Waals surface area contributed by atoms with Crippen molar-refractivity contribution >= 4 is 22.6 Å². The molecule has 2 saturated heterocycles. The molecule has 0 radical (unpaired) electrons. The van der Waals surface area contributed by atoms with E-state index in [0.29, 0.717) is 40.4 Å². The first kappa shape index (κ1) is 26.8. The minimum absolute atomic E-state index is 0.0285. The number of hydrogen-bond donors (Lipinski definition) is 1. The maximum Gasteiger partial charge on any atom is 0.216 e. The maximum atomic E-state index is 14.2. The van der Waals surface area contributed by atoms with Crippen molar-refractivity contribution < 1.29 is 13.9 Å². The van der Waals surface area contributed by atoms with E-state index >= 15 is 0 Å². The van der Waals surface area contributed by atoms with Crippen LogP contribution in [0.15, 0.2) is 42.7 Å². The fraction of sp³-hybridized carbons (Fsp3) is 0.393.